The topological polar surface area (TPSA) is 50.9 Å². The smallest absolute Gasteiger partial charge is 0.0657 e. The minimum absolute atomic E-state index is 0.164. The second kappa shape index (κ2) is 4.87. The minimum atomic E-state index is 0.164. The fourth-order valence-corrected chi connectivity index (χ4v) is 1.73. The molecule has 0 aliphatic rings. The Morgan fingerprint density at radius 1 is 1.24 bits per heavy atom. The molecule has 1 aromatic carbocycles. The van der Waals surface area contributed by atoms with Gasteiger partial charge in [0.15, 0.2) is 0 Å². The zero-order valence-corrected chi connectivity index (χ0v) is 10.1. The maximum atomic E-state index is 5.79. The summed E-state index contributed by atoms with van der Waals surface area (Å²) >= 11 is 0. The first-order valence-corrected chi connectivity index (χ1v) is 5.70. The molecule has 88 valence electrons. The van der Waals surface area contributed by atoms with Gasteiger partial charge < -0.3 is 11.1 Å². The average molecular weight is 227 g/mol. The van der Waals surface area contributed by atoms with Crippen molar-refractivity contribution >= 4 is 11.4 Å². The van der Waals surface area contributed by atoms with E-state index >= 15 is 0 Å². The Balaban J connectivity index is 2.18. The SMILES string of the molecule is Cc1ccc(N)cc1NC(C)c1ccccn1. The van der Waals surface area contributed by atoms with Gasteiger partial charge in [-0.1, -0.05) is 12.1 Å². The van der Waals surface area contributed by atoms with Crippen molar-refractivity contribution in [3.05, 3.63) is 53.9 Å². The molecule has 2 rings (SSSR count). The molecule has 1 heterocycles. The zero-order chi connectivity index (χ0) is 12.3. The molecule has 3 N–H and O–H groups in total. The van der Waals surface area contributed by atoms with Gasteiger partial charge in [-0.2, -0.15) is 0 Å². The van der Waals surface area contributed by atoms with Gasteiger partial charge in [-0.25, -0.2) is 0 Å². The Hall–Kier alpha value is -2.03. The van der Waals surface area contributed by atoms with E-state index in [1.54, 1.807) is 6.20 Å². The van der Waals surface area contributed by atoms with Crippen molar-refractivity contribution in [2.24, 2.45) is 0 Å². The van der Waals surface area contributed by atoms with Crippen LogP contribution in [0.2, 0.25) is 0 Å². The molecule has 0 amide bonds. The Labute approximate surface area is 102 Å². The molecule has 0 fully saturated rings. The summed E-state index contributed by atoms with van der Waals surface area (Å²) in [4.78, 5) is 4.33. The molecule has 0 spiro atoms. The number of hydrogen-bond donors (Lipinski definition) is 2. The summed E-state index contributed by atoms with van der Waals surface area (Å²) in [5.41, 5.74) is 9.82. The summed E-state index contributed by atoms with van der Waals surface area (Å²) in [5.74, 6) is 0. The second-order valence-corrected chi connectivity index (χ2v) is 4.19. The van der Waals surface area contributed by atoms with E-state index in [0.717, 1.165) is 17.1 Å². The summed E-state index contributed by atoms with van der Waals surface area (Å²) in [5, 5.41) is 3.42. The van der Waals surface area contributed by atoms with Crippen LogP contribution in [0.25, 0.3) is 0 Å². The van der Waals surface area contributed by atoms with Crippen LogP contribution < -0.4 is 11.1 Å². The largest absolute Gasteiger partial charge is 0.399 e. The maximum Gasteiger partial charge on any atom is 0.0657 e. The number of pyridine rings is 1. The first-order chi connectivity index (χ1) is 8.16. The van der Waals surface area contributed by atoms with Gasteiger partial charge >= 0.3 is 0 Å². The van der Waals surface area contributed by atoms with Crippen molar-refractivity contribution in [2.45, 2.75) is 19.9 Å². The monoisotopic (exact) mass is 227 g/mol. The second-order valence-electron chi connectivity index (χ2n) is 4.19. The van der Waals surface area contributed by atoms with E-state index in [2.05, 4.69) is 24.1 Å². The fourth-order valence-electron chi connectivity index (χ4n) is 1.73. The molecular formula is C14H17N3. The Kier molecular flexibility index (Phi) is 3.28. The summed E-state index contributed by atoms with van der Waals surface area (Å²) in [7, 11) is 0. The lowest BCUT2D eigenvalue weighted by Gasteiger charge is -2.16. The number of nitrogen functional groups attached to an aromatic ring is 1. The normalized spacial score (nSPS) is 12.1. The fraction of sp³-hybridized carbons (Fsp3) is 0.214. The van der Waals surface area contributed by atoms with Crippen molar-refractivity contribution in [2.75, 3.05) is 11.1 Å². The van der Waals surface area contributed by atoms with E-state index in [1.165, 1.54) is 5.56 Å². The molecule has 1 unspecified atom stereocenters. The molecule has 0 aliphatic carbocycles. The minimum Gasteiger partial charge on any atom is -0.399 e. The molecule has 0 bridgehead atoms. The highest BCUT2D eigenvalue weighted by Crippen LogP contribution is 2.23. The van der Waals surface area contributed by atoms with Gasteiger partial charge in [-0.3, -0.25) is 4.98 Å². The number of aromatic nitrogens is 1. The maximum absolute atomic E-state index is 5.79. The van der Waals surface area contributed by atoms with Crippen molar-refractivity contribution < 1.29 is 0 Å². The zero-order valence-electron chi connectivity index (χ0n) is 10.1. The number of nitrogens with one attached hydrogen (secondary N) is 1. The quantitative estimate of drug-likeness (QED) is 0.792. The molecule has 3 heteroatoms. The van der Waals surface area contributed by atoms with Crippen LogP contribution in [0.15, 0.2) is 42.6 Å². The number of aryl methyl sites for hydroxylation is 1. The number of rotatable bonds is 3. The Morgan fingerprint density at radius 3 is 2.76 bits per heavy atom. The molecule has 1 atom stereocenters. The first-order valence-electron chi connectivity index (χ1n) is 5.70. The number of nitrogens with zero attached hydrogens (tertiary/aromatic N) is 1. The lowest BCUT2D eigenvalue weighted by atomic mass is 10.1. The molecule has 17 heavy (non-hydrogen) atoms. The lowest BCUT2D eigenvalue weighted by molar-refractivity contribution is 0.838. The van der Waals surface area contributed by atoms with Crippen molar-refractivity contribution in [1.29, 1.82) is 0 Å². The van der Waals surface area contributed by atoms with Crippen LogP contribution in [-0.4, -0.2) is 4.98 Å². The van der Waals surface area contributed by atoms with Gasteiger partial charge in [0.1, 0.15) is 0 Å². The highest BCUT2D eigenvalue weighted by molar-refractivity contribution is 5.59. The highest BCUT2D eigenvalue weighted by atomic mass is 14.9. The molecule has 2 aromatic rings. The van der Waals surface area contributed by atoms with Crippen LogP contribution in [0, 0.1) is 6.92 Å². The Bertz CT molecular complexity index is 494. The van der Waals surface area contributed by atoms with E-state index < -0.39 is 0 Å². The van der Waals surface area contributed by atoms with E-state index in [0.29, 0.717) is 0 Å². The van der Waals surface area contributed by atoms with Gasteiger partial charge in [0, 0.05) is 17.6 Å². The van der Waals surface area contributed by atoms with Crippen LogP contribution >= 0.6 is 0 Å². The summed E-state index contributed by atoms with van der Waals surface area (Å²) in [6, 6.07) is 12.0. The van der Waals surface area contributed by atoms with E-state index in [-0.39, 0.29) is 6.04 Å². The molecule has 0 aliphatic heterocycles. The van der Waals surface area contributed by atoms with Crippen LogP contribution in [0.1, 0.15) is 24.2 Å². The number of nitrogens with two attached hydrogens (primary N) is 1. The third-order valence-electron chi connectivity index (χ3n) is 2.77. The molecule has 0 radical (unpaired) electrons. The van der Waals surface area contributed by atoms with Crippen LogP contribution in [0.4, 0.5) is 11.4 Å². The molecule has 1 aromatic heterocycles. The van der Waals surface area contributed by atoms with Gasteiger partial charge in [-0.05, 0) is 43.7 Å². The average Bonchev–Trinajstić information content (AvgIpc) is 2.35. The Morgan fingerprint density at radius 2 is 2.06 bits per heavy atom. The standard InChI is InChI=1S/C14H17N3/c1-10-6-7-12(15)9-14(10)17-11(2)13-5-3-4-8-16-13/h3-9,11,17H,15H2,1-2H3. The lowest BCUT2D eigenvalue weighted by Crippen LogP contribution is -2.09. The predicted molar refractivity (Wildman–Crippen MR) is 71.9 cm³/mol. The summed E-state index contributed by atoms with van der Waals surface area (Å²) in [6.45, 7) is 4.15. The third-order valence-corrected chi connectivity index (χ3v) is 2.77. The van der Waals surface area contributed by atoms with E-state index in [1.807, 2.05) is 36.4 Å². The number of anilines is 2. The van der Waals surface area contributed by atoms with Gasteiger partial charge in [0.05, 0.1) is 11.7 Å². The van der Waals surface area contributed by atoms with Crippen molar-refractivity contribution in [3.63, 3.8) is 0 Å². The van der Waals surface area contributed by atoms with Crippen molar-refractivity contribution in [1.82, 2.24) is 4.98 Å². The van der Waals surface area contributed by atoms with E-state index in [9.17, 15) is 0 Å². The van der Waals surface area contributed by atoms with Crippen LogP contribution in [0.3, 0.4) is 0 Å². The third kappa shape index (κ3) is 2.75. The molecule has 0 saturated heterocycles. The van der Waals surface area contributed by atoms with Crippen molar-refractivity contribution in [3.8, 4) is 0 Å². The highest BCUT2D eigenvalue weighted by Gasteiger charge is 2.07. The molecule has 0 saturated carbocycles. The van der Waals surface area contributed by atoms with E-state index in [4.69, 9.17) is 5.73 Å². The number of hydrogen-bond acceptors (Lipinski definition) is 3. The molecular weight excluding hydrogens is 210 g/mol. The van der Waals surface area contributed by atoms with Gasteiger partial charge in [-0.15, -0.1) is 0 Å². The van der Waals surface area contributed by atoms with Gasteiger partial charge in [0.2, 0.25) is 0 Å². The van der Waals surface area contributed by atoms with Gasteiger partial charge in [0.25, 0.3) is 0 Å². The summed E-state index contributed by atoms with van der Waals surface area (Å²) < 4.78 is 0. The predicted octanol–water partition coefficient (Wildman–Crippen LogP) is 3.15. The van der Waals surface area contributed by atoms with Crippen LogP contribution in [0.5, 0.6) is 0 Å². The summed E-state index contributed by atoms with van der Waals surface area (Å²) in [6.07, 6.45) is 1.81. The first kappa shape index (κ1) is 11.5. The molecule has 3 nitrogen and oxygen atoms in total. The number of benzene rings is 1. The van der Waals surface area contributed by atoms with Crippen LogP contribution in [-0.2, 0) is 0 Å².